The second-order valence-electron chi connectivity index (χ2n) is 1.74. The SMILES string of the molecule is O=Pc1c(O)cccc1O. The van der Waals surface area contributed by atoms with E-state index in [0.29, 0.717) is 0 Å². The second kappa shape index (κ2) is 2.67. The van der Waals surface area contributed by atoms with Crippen LogP contribution in [0.25, 0.3) is 0 Å². The van der Waals surface area contributed by atoms with E-state index in [0.717, 1.165) is 0 Å². The smallest absolute Gasteiger partial charge is 0.200 e. The highest BCUT2D eigenvalue weighted by Gasteiger charge is 2.04. The van der Waals surface area contributed by atoms with Crippen molar-refractivity contribution >= 4 is 13.8 Å². The lowest BCUT2D eigenvalue weighted by Crippen LogP contribution is -1.91. The molecular formula is C6H5O3P. The molecule has 4 heteroatoms. The molecule has 0 aliphatic rings. The van der Waals surface area contributed by atoms with Crippen molar-refractivity contribution in [3.05, 3.63) is 18.2 Å². The first kappa shape index (κ1) is 7.03. The van der Waals surface area contributed by atoms with Crippen molar-refractivity contribution in [3.8, 4) is 11.5 Å². The fourth-order valence-corrected chi connectivity index (χ4v) is 0.949. The van der Waals surface area contributed by atoms with Crippen molar-refractivity contribution in [2.45, 2.75) is 0 Å². The zero-order valence-corrected chi connectivity index (χ0v) is 5.88. The molecular weight excluding hydrogens is 151 g/mol. The van der Waals surface area contributed by atoms with Crippen LogP contribution in [-0.2, 0) is 4.57 Å². The molecule has 52 valence electrons. The van der Waals surface area contributed by atoms with Crippen molar-refractivity contribution in [1.29, 1.82) is 0 Å². The Morgan fingerprint density at radius 3 is 2.00 bits per heavy atom. The quantitative estimate of drug-likeness (QED) is 0.596. The van der Waals surface area contributed by atoms with Crippen LogP contribution in [0.15, 0.2) is 18.2 Å². The Bertz CT molecular complexity index is 239. The van der Waals surface area contributed by atoms with E-state index >= 15 is 0 Å². The third kappa shape index (κ3) is 1.09. The summed E-state index contributed by atoms with van der Waals surface area (Å²) in [7, 11) is -0.375. The van der Waals surface area contributed by atoms with E-state index in [2.05, 4.69) is 0 Å². The van der Waals surface area contributed by atoms with Gasteiger partial charge >= 0.3 is 0 Å². The molecule has 10 heavy (non-hydrogen) atoms. The highest BCUT2D eigenvalue weighted by Crippen LogP contribution is 2.18. The van der Waals surface area contributed by atoms with E-state index in [1.165, 1.54) is 18.2 Å². The average molecular weight is 156 g/mol. The molecule has 0 spiro atoms. The Morgan fingerprint density at radius 1 is 1.20 bits per heavy atom. The third-order valence-corrected chi connectivity index (χ3v) is 1.73. The van der Waals surface area contributed by atoms with E-state index in [-0.39, 0.29) is 25.3 Å². The first-order valence-electron chi connectivity index (χ1n) is 2.60. The molecule has 1 aromatic rings. The minimum atomic E-state index is -0.375. The topological polar surface area (TPSA) is 57.5 Å². The van der Waals surface area contributed by atoms with Gasteiger partial charge in [-0.2, -0.15) is 0 Å². The normalized spacial score (nSPS) is 10.0. The van der Waals surface area contributed by atoms with Crippen LogP contribution in [0.3, 0.4) is 0 Å². The van der Waals surface area contributed by atoms with Gasteiger partial charge in [0.2, 0.25) is 0 Å². The minimum Gasteiger partial charge on any atom is -0.507 e. The Labute approximate surface area is 59.1 Å². The maximum Gasteiger partial charge on any atom is 0.200 e. The van der Waals surface area contributed by atoms with Crippen LogP contribution in [0.5, 0.6) is 11.5 Å². The van der Waals surface area contributed by atoms with Crippen molar-refractivity contribution in [1.82, 2.24) is 0 Å². The predicted octanol–water partition coefficient (Wildman–Crippen LogP) is 1.01. The van der Waals surface area contributed by atoms with Crippen LogP contribution in [0.4, 0.5) is 0 Å². The summed E-state index contributed by atoms with van der Waals surface area (Å²) in [5.41, 5.74) is 0. The lowest BCUT2D eigenvalue weighted by atomic mass is 10.3. The monoisotopic (exact) mass is 156 g/mol. The molecule has 1 rings (SSSR count). The number of aromatic hydroxyl groups is 2. The second-order valence-corrected chi connectivity index (χ2v) is 2.37. The lowest BCUT2D eigenvalue weighted by molar-refractivity contribution is 0.458. The summed E-state index contributed by atoms with van der Waals surface area (Å²) >= 11 is 0. The number of rotatable bonds is 1. The van der Waals surface area contributed by atoms with Crippen LogP contribution in [0, 0.1) is 0 Å². The van der Waals surface area contributed by atoms with E-state index in [1.54, 1.807) is 0 Å². The highest BCUT2D eigenvalue weighted by molar-refractivity contribution is 7.34. The van der Waals surface area contributed by atoms with E-state index in [1.807, 2.05) is 0 Å². The zero-order chi connectivity index (χ0) is 7.56. The summed E-state index contributed by atoms with van der Waals surface area (Å²) in [6.45, 7) is 0. The molecule has 3 nitrogen and oxygen atoms in total. The average Bonchev–Trinajstić information content (AvgIpc) is 1.88. The Hall–Kier alpha value is -1.08. The molecule has 2 N–H and O–H groups in total. The van der Waals surface area contributed by atoms with Crippen molar-refractivity contribution in [2.75, 3.05) is 0 Å². The molecule has 0 saturated carbocycles. The van der Waals surface area contributed by atoms with Crippen LogP contribution in [0.2, 0.25) is 0 Å². The fraction of sp³-hybridized carbons (Fsp3) is 0. The minimum absolute atomic E-state index is 0.0301. The first-order chi connectivity index (χ1) is 4.75. The summed E-state index contributed by atoms with van der Waals surface area (Å²) in [6.07, 6.45) is 0. The standard InChI is InChI=1S/C6H5O3P/c7-4-2-1-3-5(8)6(4)10-9/h1-3,7-8H. The van der Waals surface area contributed by atoms with Gasteiger partial charge < -0.3 is 10.2 Å². The predicted molar refractivity (Wildman–Crippen MR) is 37.0 cm³/mol. The summed E-state index contributed by atoms with van der Waals surface area (Å²) in [5, 5.41) is 17.9. The van der Waals surface area contributed by atoms with E-state index < -0.39 is 0 Å². The van der Waals surface area contributed by atoms with Gasteiger partial charge in [-0.05, 0) is 12.1 Å². The maximum atomic E-state index is 10.2. The molecule has 0 atom stereocenters. The van der Waals surface area contributed by atoms with Crippen molar-refractivity contribution < 1.29 is 14.8 Å². The molecule has 0 saturated heterocycles. The largest absolute Gasteiger partial charge is 0.507 e. The van der Waals surface area contributed by atoms with Gasteiger partial charge in [-0.15, -0.1) is 0 Å². The van der Waals surface area contributed by atoms with Gasteiger partial charge in [-0.3, -0.25) is 4.57 Å². The Kier molecular flexibility index (Phi) is 1.88. The molecule has 0 aromatic heterocycles. The van der Waals surface area contributed by atoms with Gasteiger partial charge in [0.15, 0.2) is 8.46 Å². The third-order valence-electron chi connectivity index (χ3n) is 1.08. The maximum absolute atomic E-state index is 10.2. The van der Waals surface area contributed by atoms with Gasteiger partial charge in [0.05, 0.1) is 0 Å². The molecule has 1 aromatic carbocycles. The van der Waals surface area contributed by atoms with Gasteiger partial charge in [0.1, 0.15) is 16.8 Å². The number of hydrogen-bond acceptors (Lipinski definition) is 3. The number of phenolic OH excluding ortho intramolecular Hbond substituents is 2. The number of hydrogen-bond donors (Lipinski definition) is 2. The van der Waals surface area contributed by atoms with Crippen molar-refractivity contribution in [3.63, 3.8) is 0 Å². The molecule has 0 bridgehead atoms. The molecule has 0 aliphatic heterocycles. The van der Waals surface area contributed by atoms with Crippen LogP contribution < -0.4 is 5.30 Å². The van der Waals surface area contributed by atoms with Gasteiger partial charge in [-0.25, -0.2) is 0 Å². The molecule has 0 fully saturated rings. The fourth-order valence-electron chi connectivity index (χ4n) is 0.613. The summed E-state index contributed by atoms with van der Waals surface area (Å²) in [6, 6.07) is 4.19. The highest BCUT2D eigenvalue weighted by atomic mass is 31.1. The van der Waals surface area contributed by atoms with Crippen LogP contribution in [-0.4, -0.2) is 10.2 Å². The van der Waals surface area contributed by atoms with Crippen molar-refractivity contribution in [2.24, 2.45) is 0 Å². The van der Waals surface area contributed by atoms with Gasteiger partial charge in [-0.1, -0.05) is 6.07 Å². The number of benzene rings is 1. The Morgan fingerprint density at radius 2 is 1.70 bits per heavy atom. The van der Waals surface area contributed by atoms with Gasteiger partial charge in [0.25, 0.3) is 0 Å². The lowest BCUT2D eigenvalue weighted by Gasteiger charge is -1.96. The zero-order valence-electron chi connectivity index (χ0n) is 4.98. The van der Waals surface area contributed by atoms with E-state index in [4.69, 9.17) is 10.2 Å². The summed E-state index contributed by atoms with van der Waals surface area (Å²) in [4.78, 5) is 0. The first-order valence-corrected chi connectivity index (χ1v) is 3.41. The summed E-state index contributed by atoms with van der Waals surface area (Å²) in [5.74, 6) is -0.312. The Balaban J connectivity index is 3.30. The number of phenols is 2. The molecule has 0 aliphatic carbocycles. The molecule has 0 radical (unpaired) electrons. The molecule has 0 amide bonds. The molecule has 0 unspecified atom stereocenters. The summed E-state index contributed by atoms with van der Waals surface area (Å²) < 4.78 is 10.2. The van der Waals surface area contributed by atoms with Crippen LogP contribution in [0.1, 0.15) is 0 Å². The molecule has 0 heterocycles. The van der Waals surface area contributed by atoms with Gasteiger partial charge in [0, 0.05) is 0 Å². The van der Waals surface area contributed by atoms with Crippen LogP contribution >= 0.6 is 8.46 Å². The van der Waals surface area contributed by atoms with E-state index in [9.17, 15) is 4.57 Å².